The molecule has 0 saturated heterocycles. The summed E-state index contributed by atoms with van der Waals surface area (Å²) in [6.45, 7) is 0. The Morgan fingerprint density at radius 3 is 2.44 bits per heavy atom. The van der Waals surface area contributed by atoms with Crippen molar-refractivity contribution >= 4 is 23.5 Å². The molecule has 52 valence electrons. The van der Waals surface area contributed by atoms with E-state index in [0.29, 0.717) is 0 Å². The van der Waals surface area contributed by atoms with E-state index in [0.717, 1.165) is 5.92 Å². The third-order valence-corrected chi connectivity index (χ3v) is 3.01. The van der Waals surface area contributed by atoms with Crippen LogP contribution in [-0.2, 0) is 0 Å². The zero-order valence-electron chi connectivity index (χ0n) is 5.89. The lowest BCUT2D eigenvalue weighted by molar-refractivity contribution is 1.10. The summed E-state index contributed by atoms with van der Waals surface area (Å²) in [4.78, 5) is 1.59. The Bertz CT molecular complexity index is 114. The smallest absolute Gasteiger partial charge is 0.00612 e. The van der Waals surface area contributed by atoms with Crippen LogP contribution in [0.2, 0.25) is 0 Å². The average Bonchev–Trinajstić information content (AvgIpc) is 2.64. The fourth-order valence-electron chi connectivity index (χ4n) is 0.795. The Kier molecular flexibility index (Phi) is 2.99. The molecular weight excluding hydrogens is 148 g/mol. The molecule has 2 heteroatoms. The van der Waals surface area contributed by atoms with Crippen molar-refractivity contribution in [2.24, 2.45) is 5.92 Å². The molecule has 0 unspecified atom stereocenters. The van der Waals surface area contributed by atoms with E-state index in [1.165, 1.54) is 12.8 Å². The van der Waals surface area contributed by atoms with Gasteiger partial charge in [-0.15, -0.1) is 23.5 Å². The molecule has 0 bridgehead atoms. The summed E-state index contributed by atoms with van der Waals surface area (Å²) >= 11 is 3.73. The summed E-state index contributed by atoms with van der Waals surface area (Å²) in [5.74, 6) is 0.937. The minimum atomic E-state index is 0.937. The third kappa shape index (κ3) is 2.26. The van der Waals surface area contributed by atoms with Gasteiger partial charge in [-0.3, -0.25) is 0 Å². The van der Waals surface area contributed by atoms with Gasteiger partial charge in [0.1, 0.15) is 0 Å². The molecule has 1 aliphatic rings. The van der Waals surface area contributed by atoms with E-state index in [1.807, 2.05) is 23.5 Å². The highest BCUT2D eigenvalue weighted by atomic mass is 32.2. The van der Waals surface area contributed by atoms with Crippen LogP contribution in [0.3, 0.4) is 0 Å². The molecule has 1 rings (SSSR count). The van der Waals surface area contributed by atoms with Crippen molar-refractivity contribution in [2.75, 3.05) is 12.5 Å². The average molecular weight is 160 g/mol. The monoisotopic (exact) mass is 160 g/mol. The van der Waals surface area contributed by atoms with Crippen LogP contribution in [0, 0.1) is 5.92 Å². The Balaban J connectivity index is 2.37. The van der Waals surface area contributed by atoms with Crippen LogP contribution < -0.4 is 0 Å². The van der Waals surface area contributed by atoms with Gasteiger partial charge in [-0.05, 0) is 41.6 Å². The zero-order valence-corrected chi connectivity index (χ0v) is 7.52. The molecule has 0 atom stereocenters. The van der Waals surface area contributed by atoms with Gasteiger partial charge >= 0.3 is 0 Å². The summed E-state index contributed by atoms with van der Waals surface area (Å²) in [5, 5.41) is 2.28. The second-order valence-electron chi connectivity index (χ2n) is 2.23. The van der Waals surface area contributed by atoms with Crippen molar-refractivity contribution in [2.45, 2.75) is 12.8 Å². The van der Waals surface area contributed by atoms with E-state index in [1.54, 1.807) is 4.91 Å². The Morgan fingerprint density at radius 2 is 2.11 bits per heavy atom. The molecule has 0 heterocycles. The van der Waals surface area contributed by atoms with Gasteiger partial charge in [-0.1, -0.05) is 0 Å². The molecule has 0 aromatic heterocycles. The number of allylic oxidation sites excluding steroid dienone is 1. The van der Waals surface area contributed by atoms with Crippen LogP contribution in [0.4, 0.5) is 0 Å². The van der Waals surface area contributed by atoms with Crippen molar-refractivity contribution in [1.29, 1.82) is 0 Å². The minimum Gasteiger partial charge on any atom is -0.137 e. The maximum Gasteiger partial charge on any atom is -0.00612 e. The first-order valence-corrected chi connectivity index (χ1v) is 5.66. The number of hydrogen-bond acceptors (Lipinski definition) is 2. The molecule has 1 saturated carbocycles. The first-order valence-electron chi connectivity index (χ1n) is 3.15. The molecule has 1 aliphatic carbocycles. The van der Waals surface area contributed by atoms with Gasteiger partial charge < -0.3 is 0 Å². The van der Waals surface area contributed by atoms with Gasteiger partial charge in [0.25, 0.3) is 0 Å². The molecule has 1 fully saturated rings. The van der Waals surface area contributed by atoms with Crippen LogP contribution >= 0.6 is 23.5 Å². The molecule has 0 amide bonds. The van der Waals surface area contributed by atoms with Crippen LogP contribution in [0.1, 0.15) is 12.8 Å². The summed E-state index contributed by atoms with van der Waals surface area (Å²) < 4.78 is 0. The van der Waals surface area contributed by atoms with Gasteiger partial charge in [-0.2, -0.15) is 0 Å². The van der Waals surface area contributed by atoms with Crippen molar-refractivity contribution < 1.29 is 0 Å². The van der Waals surface area contributed by atoms with Gasteiger partial charge in [0.05, 0.1) is 0 Å². The van der Waals surface area contributed by atoms with E-state index < -0.39 is 0 Å². The highest BCUT2D eigenvalue weighted by molar-refractivity contribution is 8.05. The maximum atomic E-state index is 2.28. The van der Waals surface area contributed by atoms with E-state index in [4.69, 9.17) is 0 Å². The lowest BCUT2D eigenvalue weighted by atomic mass is 10.4. The van der Waals surface area contributed by atoms with Crippen molar-refractivity contribution in [3.63, 3.8) is 0 Å². The first-order chi connectivity index (χ1) is 4.38. The third-order valence-electron chi connectivity index (χ3n) is 1.45. The van der Waals surface area contributed by atoms with E-state index in [9.17, 15) is 0 Å². The van der Waals surface area contributed by atoms with E-state index in [2.05, 4.69) is 17.9 Å². The number of rotatable bonds is 3. The first kappa shape index (κ1) is 7.55. The Morgan fingerprint density at radius 1 is 1.44 bits per heavy atom. The maximum absolute atomic E-state index is 2.28. The molecule has 0 aromatic rings. The number of hydrogen-bond donors (Lipinski definition) is 0. The zero-order chi connectivity index (χ0) is 6.69. The van der Waals surface area contributed by atoms with Crippen molar-refractivity contribution in [3.8, 4) is 0 Å². The molecule has 0 N–H and O–H groups in total. The molecule has 0 radical (unpaired) electrons. The number of thioether (sulfide) groups is 2. The quantitative estimate of drug-likeness (QED) is 0.622. The van der Waals surface area contributed by atoms with E-state index in [-0.39, 0.29) is 0 Å². The minimum absolute atomic E-state index is 0.937. The molecule has 0 aromatic carbocycles. The van der Waals surface area contributed by atoms with Gasteiger partial charge in [0.2, 0.25) is 0 Å². The van der Waals surface area contributed by atoms with Crippen molar-refractivity contribution in [1.82, 2.24) is 0 Å². The predicted molar refractivity (Wildman–Crippen MR) is 47.8 cm³/mol. The lowest BCUT2D eigenvalue weighted by Gasteiger charge is -1.97. The fourth-order valence-corrected chi connectivity index (χ4v) is 2.46. The lowest BCUT2D eigenvalue weighted by Crippen LogP contribution is -1.74. The SMILES string of the molecule is CS/C=C(/SC)C1CC1. The molecular formula is C7H12S2. The predicted octanol–water partition coefficient (Wildman–Crippen LogP) is 2.96. The van der Waals surface area contributed by atoms with E-state index >= 15 is 0 Å². The van der Waals surface area contributed by atoms with Crippen LogP contribution in [-0.4, -0.2) is 12.5 Å². The van der Waals surface area contributed by atoms with Gasteiger partial charge in [-0.25, -0.2) is 0 Å². The largest absolute Gasteiger partial charge is 0.137 e. The standard InChI is InChI=1S/C7H12S2/c1-8-5-7(9-2)6-3-4-6/h5-6H,3-4H2,1-2H3/b7-5+. The highest BCUT2D eigenvalue weighted by Gasteiger charge is 2.24. The van der Waals surface area contributed by atoms with Crippen LogP contribution in [0.25, 0.3) is 0 Å². The highest BCUT2D eigenvalue weighted by Crippen LogP contribution is 2.41. The summed E-state index contributed by atoms with van der Waals surface area (Å²) in [6, 6.07) is 0. The summed E-state index contributed by atoms with van der Waals surface area (Å²) in [6.07, 6.45) is 7.14. The summed E-state index contributed by atoms with van der Waals surface area (Å²) in [7, 11) is 0. The van der Waals surface area contributed by atoms with Crippen LogP contribution in [0.5, 0.6) is 0 Å². The Labute approximate surface area is 65.5 Å². The van der Waals surface area contributed by atoms with Gasteiger partial charge in [0.15, 0.2) is 0 Å². The molecule has 0 aliphatic heterocycles. The second kappa shape index (κ2) is 3.57. The molecule has 9 heavy (non-hydrogen) atoms. The summed E-state index contributed by atoms with van der Waals surface area (Å²) in [5.41, 5.74) is 0. The molecule has 0 nitrogen and oxygen atoms in total. The normalized spacial score (nSPS) is 20.4. The Hall–Kier alpha value is 0.440. The van der Waals surface area contributed by atoms with Crippen LogP contribution in [0.15, 0.2) is 10.3 Å². The fraction of sp³-hybridized carbons (Fsp3) is 0.714. The van der Waals surface area contributed by atoms with Gasteiger partial charge in [0, 0.05) is 0 Å². The molecule has 0 spiro atoms. The second-order valence-corrected chi connectivity index (χ2v) is 3.82. The topological polar surface area (TPSA) is 0 Å². The van der Waals surface area contributed by atoms with Crippen molar-refractivity contribution in [3.05, 3.63) is 10.3 Å².